The Kier molecular flexibility index (Phi) is 4.87. The molecule has 0 saturated carbocycles. The molecule has 1 amide bonds. The Balaban J connectivity index is 1.98. The third-order valence-electron chi connectivity index (χ3n) is 3.55. The van der Waals surface area contributed by atoms with Crippen molar-refractivity contribution in [3.05, 3.63) is 18.0 Å². The lowest BCUT2D eigenvalue weighted by molar-refractivity contribution is -0.159. The first-order chi connectivity index (χ1) is 9.88. The van der Waals surface area contributed by atoms with E-state index in [2.05, 4.69) is 10.4 Å². The number of halogens is 3. The van der Waals surface area contributed by atoms with Crippen LogP contribution < -0.4 is 5.32 Å². The largest absolute Gasteiger partial charge is 0.408 e. The van der Waals surface area contributed by atoms with Gasteiger partial charge in [-0.05, 0) is 19.3 Å². The lowest BCUT2D eigenvalue weighted by atomic mass is 10.1. The molecule has 1 aromatic rings. The number of piperidine rings is 1. The Bertz CT molecular complexity index is 480. The Labute approximate surface area is 121 Å². The van der Waals surface area contributed by atoms with Gasteiger partial charge in [0.25, 0.3) is 0 Å². The fourth-order valence-corrected chi connectivity index (χ4v) is 2.46. The summed E-state index contributed by atoms with van der Waals surface area (Å²) < 4.78 is 40.6. The second-order valence-corrected chi connectivity index (χ2v) is 5.24. The molecule has 2 heterocycles. The lowest BCUT2D eigenvalue weighted by Crippen LogP contribution is -2.44. The van der Waals surface area contributed by atoms with Crippen molar-refractivity contribution in [2.24, 2.45) is 7.05 Å². The van der Waals surface area contributed by atoms with Crippen molar-refractivity contribution in [2.75, 3.05) is 19.6 Å². The number of nitrogens with one attached hydrogen (secondary N) is 1. The number of aromatic nitrogens is 2. The van der Waals surface area contributed by atoms with Gasteiger partial charge in [-0.2, -0.15) is 18.3 Å². The molecule has 1 aliphatic rings. The average molecular weight is 304 g/mol. The van der Waals surface area contributed by atoms with Crippen molar-refractivity contribution < 1.29 is 18.0 Å². The lowest BCUT2D eigenvalue weighted by Gasteiger charge is -2.28. The maximum absolute atomic E-state index is 13.1. The number of hydrogen-bond acceptors (Lipinski definition) is 3. The molecular weight excluding hydrogens is 285 g/mol. The third-order valence-corrected chi connectivity index (χ3v) is 3.55. The van der Waals surface area contributed by atoms with E-state index in [9.17, 15) is 18.0 Å². The predicted molar refractivity (Wildman–Crippen MR) is 70.4 cm³/mol. The van der Waals surface area contributed by atoms with Crippen LogP contribution >= 0.6 is 0 Å². The fourth-order valence-electron chi connectivity index (χ4n) is 2.46. The molecular formula is C13H19F3N4O. The van der Waals surface area contributed by atoms with Crippen molar-refractivity contribution in [2.45, 2.75) is 31.5 Å². The van der Waals surface area contributed by atoms with Crippen LogP contribution in [-0.4, -0.2) is 46.4 Å². The Morgan fingerprint density at radius 1 is 1.38 bits per heavy atom. The summed E-state index contributed by atoms with van der Waals surface area (Å²) in [6, 6.07) is -1.88. The van der Waals surface area contributed by atoms with Crippen LogP contribution in [0.15, 0.2) is 12.4 Å². The summed E-state index contributed by atoms with van der Waals surface area (Å²) in [6.07, 6.45) is 0.893. The highest BCUT2D eigenvalue weighted by Gasteiger charge is 2.41. The van der Waals surface area contributed by atoms with E-state index in [0.29, 0.717) is 13.1 Å². The van der Waals surface area contributed by atoms with Gasteiger partial charge in [0.2, 0.25) is 5.91 Å². The van der Waals surface area contributed by atoms with Crippen LogP contribution in [0.5, 0.6) is 0 Å². The van der Waals surface area contributed by atoms with E-state index in [1.165, 1.54) is 10.9 Å². The average Bonchev–Trinajstić information content (AvgIpc) is 2.84. The first-order valence-electron chi connectivity index (χ1n) is 6.94. The van der Waals surface area contributed by atoms with Gasteiger partial charge in [0, 0.05) is 31.9 Å². The van der Waals surface area contributed by atoms with E-state index < -0.39 is 12.2 Å². The molecule has 1 N–H and O–H groups in total. The van der Waals surface area contributed by atoms with E-state index in [1.807, 2.05) is 0 Å². The number of aryl methyl sites for hydroxylation is 1. The third kappa shape index (κ3) is 4.20. The number of hydrogen-bond donors (Lipinski definition) is 1. The van der Waals surface area contributed by atoms with Crippen LogP contribution in [-0.2, 0) is 11.8 Å². The molecule has 1 fully saturated rings. The van der Waals surface area contributed by atoms with Crippen molar-refractivity contribution in [3.8, 4) is 0 Å². The second-order valence-electron chi connectivity index (χ2n) is 5.24. The van der Waals surface area contributed by atoms with Gasteiger partial charge in [-0.15, -0.1) is 0 Å². The highest BCUT2D eigenvalue weighted by molar-refractivity contribution is 5.78. The minimum absolute atomic E-state index is 0.0106. The van der Waals surface area contributed by atoms with Gasteiger partial charge in [-0.25, -0.2) is 0 Å². The summed E-state index contributed by atoms with van der Waals surface area (Å²) in [5.41, 5.74) is 0.0106. The van der Waals surface area contributed by atoms with Crippen molar-refractivity contribution in [1.82, 2.24) is 20.0 Å². The van der Waals surface area contributed by atoms with Crippen LogP contribution in [0.4, 0.5) is 13.2 Å². The summed E-state index contributed by atoms with van der Waals surface area (Å²) in [5, 5.41) is 6.07. The zero-order chi connectivity index (χ0) is 15.5. The molecule has 21 heavy (non-hydrogen) atoms. The molecule has 0 unspecified atom stereocenters. The van der Waals surface area contributed by atoms with E-state index in [1.54, 1.807) is 11.9 Å². The van der Waals surface area contributed by atoms with E-state index in [4.69, 9.17) is 0 Å². The Hall–Kier alpha value is -1.57. The zero-order valence-corrected chi connectivity index (χ0v) is 11.9. The second kappa shape index (κ2) is 6.46. The summed E-state index contributed by atoms with van der Waals surface area (Å²) in [4.78, 5) is 13.6. The van der Waals surface area contributed by atoms with Crippen LogP contribution in [0.1, 0.15) is 30.9 Å². The highest BCUT2D eigenvalue weighted by atomic mass is 19.4. The zero-order valence-electron chi connectivity index (χ0n) is 11.9. The van der Waals surface area contributed by atoms with Crippen LogP contribution in [0.2, 0.25) is 0 Å². The first kappa shape index (κ1) is 15.8. The minimum atomic E-state index is -4.47. The van der Waals surface area contributed by atoms with Crippen LogP contribution in [0.25, 0.3) is 0 Å². The highest BCUT2D eigenvalue weighted by Crippen LogP contribution is 2.32. The molecule has 0 spiro atoms. The summed E-state index contributed by atoms with van der Waals surface area (Å²) in [6.45, 7) is 0.938. The minimum Gasteiger partial charge on any atom is -0.342 e. The quantitative estimate of drug-likeness (QED) is 0.920. The van der Waals surface area contributed by atoms with Gasteiger partial charge in [-0.3, -0.25) is 14.8 Å². The van der Waals surface area contributed by atoms with E-state index in [0.717, 1.165) is 25.5 Å². The normalized spacial score (nSPS) is 17.8. The number of alkyl halides is 3. The predicted octanol–water partition coefficient (Wildman–Crippen LogP) is 1.63. The van der Waals surface area contributed by atoms with Gasteiger partial charge in [-0.1, -0.05) is 0 Å². The number of likely N-dealkylation sites (tertiary alicyclic amines) is 1. The molecule has 2 rings (SSSR count). The number of amides is 1. The van der Waals surface area contributed by atoms with Gasteiger partial charge >= 0.3 is 6.18 Å². The van der Waals surface area contributed by atoms with Crippen LogP contribution in [0, 0.1) is 0 Å². The van der Waals surface area contributed by atoms with Gasteiger partial charge in [0.05, 0.1) is 12.7 Å². The molecule has 0 aliphatic carbocycles. The smallest absolute Gasteiger partial charge is 0.342 e. The fraction of sp³-hybridized carbons (Fsp3) is 0.692. The molecule has 1 aliphatic heterocycles. The van der Waals surface area contributed by atoms with E-state index in [-0.39, 0.29) is 18.0 Å². The summed E-state index contributed by atoms with van der Waals surface area (Å²) >= 11 is 0. The van der Waals surface area contributed by atoms with Gasteiger partial charge < -0.3 is 4.90 Å². The Morgan fingerprint density at radius 2 is 2.05 bits per heavy atom. The number of carbonyl (C=O) groups excluding carboxylic acids is 1. The molecule has 1 atom stereocenters. The maximum Gasteiger partial charge on any atom is 0.408 e. The van der Waals surface area contributed by atoms with Crippen molar-refractivity contribution in [3.63, 3.8) is 0 Å². The topological polar surface area (TPSA) is 50.2 Å². The maximum atomic E-state index is 13.1. The molecule has 5 nitrogen and oxygen atoms in total. The van der Waals surface area contributed by atoms with Crippen molar-refractivity contribution >= 4 is 5.91 Å². The Morgan fingerprint density at radius 3 is 2.57 bits per heavy atom. The number of carbonyl (C=O) groups is 1. The van der Waals surface area contributed by atoms with Gasteiger partial charge in [0.1, 0.15) is 6.04 Å². The molecule has 0 aromatic carbocycles. The molecule has 118 valence electrons. The van der Waals surface area contributed by atoms with Crippen molar-refractivity contribution in [1.29, 1.82) is 0 Å². The summed E-state index contributed by atoms with van der Waals surface area (Å²) in [7, 11) is 1.55. The first-order valence-corrected chi connectivity index (χ1v) is 6.94. The molecule has 0 bridgehead atoms. The van der Waals surface area contributed by atoms with Crippen LogP contribution in [0.3, 0.4) is 0 Å². The SMILES string of the molecule is Cn1cc([C@H](NCC(=O)N2CCCCC2)C(F)(F)F)cn1. The standard InChI is InChI=1S/C13H19F3N4O/c1-19-9-10(7-18-19)12(13(14,15)16)17-8-11(21)20-5-3-2-4-6-20/h7,9,12,17H,2-6,8H2,1H3/t12-/m0/s1. The molecule has 0 radical (unpaired) electrons. The summed E-state index contributed by atoms with van der Waals surface area (Å²) in [5.74, 6) is -0.284. The van der Waals surface area contributed by atoms with E-state index >= 15 is 0 Å². The number of rotatable bonds is 4. The monoisotopic (exact) mass is 304 g/mol. The molecule has 8 heteroatoms. The molecule has 1 aromatic heterocycles. The van der Waals surface area contributed by atoms with Gasteiger partial charge in [0.15, 0.2) is 0 Å². The number of nitrogens with zero attached hydrogens (tertiary/aromatic N) is 3. The molecule has 1 saturated heterocycles.